The summed E-state index contributed by atoms with van der Waals surface area (Å²) in [6, 6.07) is 9.09. The lowest BCUT2D eigenvalue weighted by Crippen LogP contribution is -1.96. The Hall–Kier alpha value is -1.95. The monoisotopic (exact) mass is 436 g/mol. The van der Waals surface area contributed by atoms with Crippen molar-refractivity contribution in [3.63, 3.8) is 0 Å². The van der Waals surface area contributed by atoms with Crippen LogP contribution in [0.25, 0.3) is 22.4 Å². The Bertz CT molecular complexity index is 964. The smallest absolute Gasteiger partial charge is 0.172 e. The van der Waals surface area contributed by atoms with E-state index in [-0.39, 0.29) is 5.69 Å². The van der Waals surface area contributed by atoms with Crippen molar-refractivity contribution in [3.8, 4) is 28.1 Å². The Morgan fingerprint density at radius 3 is 2.60 bits per heavy atom. The molecule has 0 unspecified atom stereocenters. The fourth-order valence-electron chi connectivity index (χ4n) is 2.40. The topological polar surface area (TPSA) is 52.1 Å². The normalized spacial score (nSPS) is 10.6. The Morgan fingerprint density at radius 2 is 1.88 bits per heavy atom. The molecule has 0 N–H and O–H groups in total. The fraction of sp³-hybridized carbons (Fsp3) is 0.0556. The second-order valence-corrected chi connectivity index (χ2v) is 6.66. The van der Waals surface area contributed by atoms with E-state index in [1.54, 1.807) is 18.3 Å². The molecule has 4 nitrogen and oxygen atoms in total. The quantitative estimate of drug-likeness (QED) is 0.491. The molecule has 7 heteroatoms. The second kappa shape index (κ2) is 7.52. The van der Waals surface area contributed by atoms with Gasteiger partial charge in [-0.15, -0.1) is 0 Å². The average Bonchev–Trinajstić information content (AvgIpc) is 2.64. The third-order valence-electron chi connectivity index (χ3n) is 3.62. The maximum absolute atomic E-state index is 11.0. The van der Waals surface area contributed by atoms with Crippen molar-refractivity contribution in [1.29, 1.82) is 0 Å². The number of aldehydes is 1. The van der Waals surface area contributed by atoms with Crippen LogP contribution >= 0.6 is 39.1 Å². The van der Waals surface area contributed by atoms with Crippen molar-refractivity contribution in [2.75, 3.05) is 7.11 Å². The number of methoxy groups -OCH3 is 1. The van der Waals surface area contributed by atoms with Crippen LogP contribution in [-0.4, -0.2) is 23.4 Å². The summed E-state index contributed by atoms with van der Waals surface area (Å²) in [6.07, 6.45) is 3.82. The van der Waals surface area contributed by atoms with E-state index in [0.717, 1.165) is 15.6 Å². The van der Waals surface area contributed by atoms with E-state index in [1.165, 1.54) is 13.3 Å². The van der Waals surface area contributed by atoms with Crippen molar-refractivity contribution in [3.05, 3.63) is 62.9 Å². The SMILES string of the molecule is COc1cc(-c2nccc(-c3cccc(Br)c3Cl)c2Cl)cnc1C=O. The van der Waals surface area contributed by atoms with Crippen LogP contribution in [0.4, 0.5) is 0 Å². The zero-order chi connectivity index (χ0) is 18.0. The molecular formula is C18H11BrCl2N2O2. The van der Waals surface area contributed by atoms with Gasteiger partial charge in [-0.3, -0.25) is 9.78 Å². The van der Waals surface area contributed by atoms with Gasteiger partial charge in [0.25, 0.3) is 0 Å². The van der Waals surface area contributed by atoms with Crippen LogP contribution in [0.3, 0.4) is 0 Å². The molecule has 0 aliphatic carbocycles. The summed E-state index contributed by atoms with van der Waals surface area (Å²) in [6.45, 7) is 0. The molecule has 2 aromatic heterocycles. The number of halogens is 3. The molecule has 0 amide bonds. The van der Waals surface area contributed by atoms with Crippen molar-refractivity contribution >= 4 is 45.4 Å². The van der Waals surface area contributed by atoms with Crippen LogP contribution in [-0.2, 0) is 0 Å². The molecule has 0 aliphatic rings. The molecule has 0 saturated heterocycles. The molecule has 0 fully saturated rings. The number of ether oxygens (including phenoxy) is 1. The van der Waals surface area contributed by atoms with Gasteiger partial charge in [0.15, 0.2) is 6.29 Å². The van der Waals surface area contributed by atoms with Crippen LogP contribution in [0.1, 0.15) is 10.5 Å². The number of pyridine rings is 2. The summed E-state index contributed by atoms with van der Waals surface area (Å²) < 4.78 is 5.97. The molecule has 0 atom stereocenters. The molecule has 0 spiro atoms. The van der Waals surface area contributed by atoms with Gasteiger partial charge in [-0.05, 0) is 34.1 Å². The third kappa shape index (κ3) is 3.40. The minimum atomic E-state index is 0.216. The minimum absolute atomic E-state index is 0.216. The fourth-order valence-corrected chi connectivity index (χ4v) is 3.32. The molecule has 3 aromatic rings. The van der Waals surface area contributed by atoms with Gasteiger partial charge in [0.1, 0.15) is 11.4 Å². The van der Waals surface area contributed by atoms with Gasteiger partial charge >= 0.3 is 0 Å². The van der Waals surface area contributed by atoms with Gasteiger partial charge in [0.05, 0.1) is 22.8 Å². The first-order chi connectivity index (χ1) is 12.1. The third-order valence-corrected chi connectivity index (χ3v) is 5.30. The summed E-state index contributed by atoms with van der Waals surface area (Å²) >= 11 is 16.4. The molecule has 3 rings (SSSR count). The first-order valence-electron chi connectivity index (χ1n) is 7.15. The highest BCUT2D eigenvalue weighted by Gasteiger charge is 2.16. The molecular weight excluding hydrogens is 427 g/mol. The molecule has 0 saturated carbocycles. The lowest BCUT2D eigenvalue weighted by atomic mass is 10.0. The Labute approximate surface area is 162 Å². The van der Waals surface area contributed by atoms with E-state index in [1.807, 2.05) is 18.2 Å². The molecule has 126 valence electrons. The van der Waals surface area contributed by atoms with E-state index in [9.17, 15) is 4.79 Å². The van der Waals surface area contributed by atoms with Crippen LogP contribution in [0.15, 0.2) is 47.2 Å². The zero-order valence-electron chi connectivity index (χ0n) is 13.0. The van der Waals surface area contributed by atoms with Crippen molar-refractivity contribution in [2.24, 2.45) is 0 Å². The summed E-state index contributed by atoms with van der Waals surface area (Å²) in [4.78, 5) is 19.4. The molecule has 0 radical (unpaired) electrons. The van der Waals surface area contributed by atoms with E-state index >= 15 is 0 Å². The van der Waals surface area contributed by atoms with Crippen molar-refractivity contribution < 1.29 is 9.53 Å². The number of rotatable bonds is 4. The van der Waals surface area contributed by atoms with Crippen molar-refractivity contribution in [2.45, 2.75) is 0 Å². The average molecular weight is 438 g/mol. The second-order valence-electron chi connectivity index (χ2n) is 5.05. The molecule has 25 heavy (non-hydrogen) atoms. The molecule has 0 bridgehead atoms. The van der Waals surface area contributed by atoms with Crippen LogP contribution < -0.4 is 4.74 Å². The number of hydrogen-bond donors (Lipinski definition) is 0. The van der Waals surface area contributed by atoms with Gasteiger partial charge in [-0.25, -0.2) is 4.98 Å². The molecule has 1 aromatic carbocycles. The first kappa shape index (κ1) is 17.9. The zero-order valence-corrected chi connectivity index (χ0v) is 16.1. The predicted octanol–water partition coefficient (Wildman–Crippen LogP) is 5.70. The number of carbonyl (C=O) groups excluding carboxylic acids is 1. The number of hydrogen-bond acceptors (Lipinski definition) is 4. The predicted molar refractivity (Wildman–Crippen MR) is 103 cm³/mol. The highest BCUT2D eigenvalue weighted by Crippen LogP contribution is 2.40. The summed E-state index contributed by atoms with van der Waals surface area (Å²) in [5.74, 6) is 0.358. The summed E-state index contributed by atoms with van der Waals surface area (Å²) in [5, 5.41) is 0.999. The number of aromatic nitrogens is 2. The van der Waals surface area contributed by atoms with E-state index < -0.39 is 0 Å². The van der Waals surface area contributed by atoms with Crippen LogP contribution in [0.5, 0.6) is 5.75 Å². The van der Waals surface area contributed by atoms with E-state index in [2.05, 4.69) is 25.9 Å². The lowest BCUT2D eigenvalue weighted by molar-refractivity contribution is 0.111. The van der Waals surface area contributed by atoms with Gasteiger partial charge in [0, 0.05) is 33.6 Å². The van der Waals surface area contributed by atoms with Gasteiger partial charge in [0.2, 0.25) is 0 Å². The largest absolute Gasteiger partial charge is 0.494 e. The Balaban J connectivity index is 2.17. The van der Waals surface area contributed by atoms with E-state index in [4.69, 9.17) is 27.9 Å². The van der Waals surface area contributed by atoms with Gasteiger partial charge < -0.3 is 4.74 Å². The Morgan fingerprint density at radius 1 is 1.12 bits per heavy atom. The summed E-state index contributed by atoms with van der Waals surface area (Å²) in [5.41, 5.74) is 2.91. The maximum Gasteiger partial charge on any atom is 0.172 e. The highest BCUT2D eigenvalue weighted by atomic mass is 79.9. The highest BCUT2D eigenvalue weighted by molar-refractivity contribution is 9.10. The minimum Gasteiger partial charge on any atom is -0.494 e. The number of benzene rings is 1. The maximum atomic E-state index is 11.0. The Kier molecular flexibility index (Phi) is 5.37. The summed E-state index contributed by atoms with van der Waals surface area (Å²) in [7, 11) is 1.47. The van der Waals surface area contributed by atoms with Crippen molar-refractivity contribution in [1.82, 2.24) is 9.97 Å². The van der Waals surface area contributed by atoms with Gasteiger partial charge in [-0.2, -0.15) is 0 Å². The molecule has 2 heterocycles. The van der Waals surface area contributed by atoms with Gasteiger partial charge in [-0.1, -0.05) is 35.3 Å². The van der Waals surface area contributed by atoms with E-state index in [0.29, 0.717) is 33.3 Å². The standard InChI is InChI=1S/C18H11BrCl2N2O2/c1-25-15-7-10(8-23-14(15)9-24)18-17(21)12(5-6-22-18)11-3-2-4-13(19)16(11)20/h2-9H,1H3. The first-order valence-corrected chi connectivity index (χ1v) is 8.70. The van der Waals surface area contributed by atoms with Crippen LogP contribution in [0, 0.1) is 0 Å². The van der Waals surface area contributed by atoms with Crippen LogP contribution in [0.2, 0.25) is 10.0 Å². The number of carbonyl (C=O) groups is 1. The number of nitrogens with zero attached hydrogens (tertiary/aromatic N) is 2. The lowest BCUT2D eigenvalue weighted by Gasteiger charge is -2.12. The molecule has 0 aliphatic heterocycles.